The summed E-state index contributed by atoms with van der Waals surface area (Å²) in [7, 11) is 1.57. The molecule has 0 saturated heterocycles. The Morgan fingerprint density at radius 3 is 2.63 bits per heavy atom. The fraction of sp³-hybridized carbons (Fsp3) is 0.750. The van der Waals surface area contributed by atoms with Gasteiger partial charge in [0.2, 0.25) is 0 Å². The molecular formula is C12H22N4O3. The van der Waals surface area contributed by atoms with Crippen molar-refractivity contribution in [2.45, 2.75) is 40.7 Å². The van der Waals surface area contributed by atoms with Gasteiger partial charge in [0, 0.05) is 12.5 Å². The highest BCUT2D eigenvalue weighted by Gasteiger charge is 2.44. The van der Waals surface area contributed by atoms with Gasteiger partial charge >= 0.3 is 0 Å². The van der Waals surface area contributed by atoms with Crippen molar-refractivity contribution in [2.75, 3.05) is 13.7 Å². The number of nitrogens with zero attached hydrogens (tertiary/aromatic N) is 4. The molecule has 7 heteroatoms. The Kier molecular flexibility index (Phi) is 4.52. The molecule has 0 aromatic rings. The topological polar surface area (TPSA) is 77.7 Å². The third-order valence-electron chi connectivity index (χ3n) is 2.74. The van der Waals surface area contributed by atoms with Crippen LogP contribution in [0.4, 0.5) is 0 Å². The Morgan fingerprint density at radius 2 is 2.16 bits per heavy atom. The number of carbonyl (C=O) groups is 1. The second kappa shape index (κ2) is 5.56. The summed E-state index contributed by atoms with van der Waals surface area (Å²) in [5.41, 5.74) is 0.256. The van der Waals surface area contributed by atoms with Crippen LogP contribution in [-0.2, 0) is 9.63 Å². The molecule has 0 aliphatic carbocycles. The molecule has 0 radical (unpaired) electrons. The SMILES string of the molecule is CCON=C(C)N(O)C1C(=O)N(C)N=C1C(C)(C)C. The van der Waals surface area contributed by atoms with Crippen LogP contribution in [0.2, 0.25) is 0 Å². The van der Waals surface area contributed by atoms with Crippen LogP contribution < -0.4 is 0 Å². The molecule has 0 bridgehead atoms. The van der Waals surface area contributed by atoms with E-state index in [1.165, 1.54) is 5.01 Å². The summed E-state index contributed by atoms with van der Waals surface area (Å²) >= 11 is 0. The fourth-order valence-corrected chi connectivity index (χ4v) is 1.73. The first-order valence-corrected chi connectivity index (χ1v) is 6.21. The molecule has 108 valence electrons. The average Bonchev–Trinajstić information content (AvgIpc) is 2.62. The van der Waals surface area contributed by atoms with Gasteiger partial charge in [-0.25, -0.2) is 10.1 Å². The minimum Gasteiger partial charge on any atom is -0.395 e. The van der Waals surface area contributed by atoms with Crippen LogP contribution in [0.25, 0.3) is 0 Å². The monoisotopic (exact) mass is 270 g/mol. The van der Waals surface area contributed by atoms with E-state index in [1.54, 1.807) is 20.9 Å². The van der Waals surface area contributed by atoms with Gasteiger partial charge in [-0.1, -0.05) is 25.9 Å². The van der Waals surface area contributed by atoms with Crippen LogP contribution in [0.1, 0.15) is 34.6 Å². The highest BCUT2D eigenvalue weighted by molar-refractivity contribution is 6.15. The molecule has 1 aliphatic heterocycles. The third kappa shape index (κ3) is 3.23. The van der Waals surface area contributed by atoms with E-state index in [0.29, 0.717) is 12.3 Å². The zero-order chi connectivity index (χ0) is 14.8. The van der Waals surface area contributed by atoms with Gasteiger partial charge in [0.05, 0.1) is 5.71 Å². The number of hydrogen-bond donors (Lipinski definition) is 1. The van der Waals surface area contributed by atoms with Crippen LogP contribution in [0.5, 0.6) is 0 Å². The molecule has 0 aromatic heterocycles. The standard InChI is InChI=1S/C12H22N4O3/c1-7-19-14-8(2)16(18)9-10(12(3,4)5)13-15(6)11(9)17/h9,18H,7H2,1-6H3. The zero-order valence-electron chi connectivity index (χ0n) is 12.3. The first-order valence-electron chi connectivity index (χ1n) is 6.21. The lowest BCUT2D eigenvalue weighted by Crippen LogP contribution is -2.49. The van der Waals surface area contributed by atoms with Gasteiger partial charge in [0.25, 0.3) is 5.91 Å². The number of hydroxylamine groups is 2. The average molecular weight is 270 g/mol. The largest absolute Gasteiger partial charge is 0.395 e. The minimum atomic E-state index is -0.853. The second-order valence-corrected chi connectivity index (χ2v) is 5.40. The van der Waals surface area contributed by atoms with Crippen molar-refractivity contribution in [1.82, 2.24) is 10.1 Å². The number of hydrazone groups is 1. The number of amides is 1. The molecule has 1 heterocycles. The van der Waals surface area contributed by atoms with E-state index in [9.17, 15) is 10.0 Å². The van der Waals surface area contributed by atoms with E-state index in [1.807, 2.05) is 20.8 Å². The van der Waals surface area contributed by atoms with E-state index in [0.717, 1.165) is 5.06 Å². The van der Waals surface area contributed by atoms with E-state index in [4.69, 9.17) is 4.84 Å². The van der Waals surface area contributed by atoms with Gasteiger partial charge < -0.3 is 4.84 Å². The van der Waals surface area contributed by atoms with Crippen LogP contribution in [0, 0.1) is 5.41 Å². The van der Waals surface area contributed by atoms with Crippen molar-refractivity contribution in [1.29, 1.82) is 0 Å². The number of hydrogen-bond acceptors (Lipinski definition) is 5. The van der Waals surface area contributed by atoms with Gasteiger partial charge in [-0.3, -0.25) is 10.0 Å². The van der Waals surface area contributed by atoms with Crippen molar-refractivity contribution in [2.24, 2.45) is 15.7 Å². The van der Waals surface area contributed by atoms with Gasteiger partial charge in [-0.2, -0.15) is 5.10 Å². The smallest absolute Gasteiger partial charge is 0.273 e. The fourth-order valence-electron chi connectivity index (χ4n) is 1.73. The number of amidine groups is 1. The van der Waals surface area contributed by atoms with Crippen molar-refractivity contribution >= 4 is 17.5 Å². The van der Waals surface area contributed by atoms with Crippen LogP contribution >= 0.6 is 0 Å². The molecule has 0 saturated carbocycles. The molecule has 0 aromatic carbocycles. The van der Waals surface area contributed by atoms with E-state index in [-0.39, 0.29) is 17.2 Å². The molecule has 1 rings (SSSR count). The summed E-state index contributed by atoms with van der Waals surface area (Å²) in [6, 6.07) is -0.853. The number of oxime groups is 1. The lowest BCUT2D eigenvalue weighted by Gasteiger charge is -2.28. The number of likely N-dealkylation sites (N-methyl/N-ethyl adjacent to an activating group) is 1. The molecule has 1 atom stereocenters. The number of carbonyl (C=O) groups excluding carboxylic acids is 1. The maximum Gasteiger partial charge on any atom is 0.273 e. The van der Waals surface area contributed by atoms with Gasteiger partial charge in [0.15, 0.2) is 11.9 Å². The summed E-state index contributed by atoms with van der Waals surface area (Å²) in [5, 5.41) is 20.1. The Labute approximate surface area is 113 Å². The molecule has 1 amide bonds. The van der Waals surface area contributed by atoms with Crippen LogP contribution in [0.3, 0.4) is 0 Å². The molecule has 19 heavy (non-hydrogen) atoms. The molecule has 1 N–H and O–H groups in total. The molecule has 0 spiro atoms. The molecule has 1 unspecified atom stereocenters. The van der Waals surface area contributed by atoms with Gasteiger partial charge in [-0.05, 0) is 13.8 Å². The minimum absolute atomic E-state index is 0.215. The van der Waals surface area contributed by atoms with Crippen molar-refractivity contribution in [3.05, 3.63) is 0 Å². The van der Waals surface area contributed by atoms with Gasteiger partial charge in [0.1, 0.15) is 6.61 Å². The highest BCUT2D eigenvalue weighted by Crippen LogP contribution is 2.26. The van der Waals surface area contributed by atoms with Crippen LogP contribution in [0.15, 0.2) is 10.3 Å². The molecule has 1 aliphatic rings. The Balaban J connectivity index is 3.03. The Bertz CT molecular complexity index is 412. The maximum atomic E-state index is 12.1. The molecule has 0 fully saturated rings. The normalized spacial score (nSPS) is 20.7. The Hall–Kier alpha value is -1.63. The van der Waals surface area contributed by atoms with E-state index in [2.05, 4.69) is 10.3 Å². The van der Waals surface area contributed by atoms with Crippen molar-refractivity contribution in [3.63, 3.8) is 0 Å². The predicted molar refractivity (Wildman–Crippen MR) is 71.8 cm³/mol. The molecule has 7 nitrogen and oxygen atoms in total. The first-order chi connectivity index (χ1) is 8.70. The Morgan fingerprint density at radius 1 is 1.58 bits per heavy atom. The zero-order valence-corrected chi connectivity index (χ0v) is 12.3. The summed E-state index contributed by atoms with van der Waals surface area (Å²) < 4.78 is 0. The summed E-state index contributed by atoms with van der Waals surface area (Å²) in [4.78, 5) is 17.0. The highest BCUT2D eigenvalue weighted by atomic mass is 16.6. The third-order valence-corrected chi connectivity index (χ3v) is 2.74. The van der Waals surface area contributed by atoms with Crippen LogP contribution in [-0.4, -0.2) is 52.4 Å². The maximum absolute atomic E-state index is 12.1. The predicted octanol–water partition coefficient (Wildman–Crippen LogP) is 1.29. The quantitative estimate of drug-likeness (QED) is 0.476. The molecular weight excluding hydrogens is 248 g/mol. The van der Waals surface area contributed by atoms with E-state index < -0.39 is 6.04 Å². The summed E-state index contributed by atoms with van der Waals surface area (Å²) in [6.45, 7) is 9.57. The van der Waals surface area contributed by atoms with Gasteiger partial charge in [-0.15, -0.1) is 0 Å². The lowest BCUT2D eigenvalue weighted by atomic mass is 9.85. The van der Waals surface area contributed by atoms with E-state index >= 15 is 0 Å². The lowest BCUT2D eigenvalue weighted by molar-refractivity contribution is -0.138. The van der Waals surface area contributed by atoms with Crippen molar-refractivity contribution in [3.8, 4) is 0 Å². The van der Waals surface area contributed by atoms with Crippen molar-refractivity contribution < 1.29 is 14.8 Å². The summed E-state index contributed by atoms with van der Waals surface area (Å²) in [6.07, 6.45) is 0. The summed E-state index contributed by atoms with van der Waals surface area (Å²) in [5.74, 6) is -0.0778. The second-order valence-electron chi connectivity index (χ2n) is 5.40. The first kappa shape index (κ1) is 15.4. The number of rotatable bonds is 3.